The average molecular weight is 492 g/mol. The molecule has 1 N–H and O–H groups in total. The van der Waals surface area contributed by atoms with E-state index >= 15 is 0 Å². The van der Waals surface area contributed by atoms with E-state index in [0.29, 0.717) is 18.0 Å². The molecule has 0 saturated carbocycles. The molecule has 0 radical (unpaired) electrons. The molecule has 3 aromatic rings. The fourth-order valence-electron chi connectivity index (χ4n) is 3.63. The molecule has 2 heterocycles. The Labute approximate surface area is 207 Å². The highest BCUT2D eigenvalue weighted by Crippen LogP contribution is 2.32. The summed E-state index contributed by atoms with van der Waals surface area (Å²) in [4.78, 5) is 39.0. The molecule has 1 aliphatic heterocycles. The molecule has 1 aliphatic rings. The van der Waals surface area contributed by atoms with Crippen LogP contribution in [0.25, 0.3) is 11.8 Å². The zero-order valence-corrected chi connectivity index (χ0v) is 20.4. The summed E-state index contributed by atoms with van der Waals surface area (Å²) in [5.74, 6) is 0.507. The summed E-state index contributed by atoms with van der Waals surface area (Å²) >= 11 is 0.824. The number of thioether (sulfide) groups is 1. The molecule has 4 rings (SSSR count). The monoisotopic (exact) mass is 491 g/mol. The lowest BCUT2D eigenvalue weighted by atomic mass is 10.2. The van der Waals surface area contributed by atoms with E-state index in [4.69, 9.17) is 9.47 Å². The van der Waals surface area contributed by atoms with Gasteiger partial charge in [0, 0.05) is 23.3 Å². The van der Waals surface area contributed by atoms with Gasteiger partial charge in [-0.15, -0.1) is 0 Å². The maximum atomic E-state index is 12.9. The highest BCUT2D eigenvalue weighted by Gasteiger charge is 2.36. The second-order valence-corrected chi connectivity index (χ2v) is 8.75. The van der Waals surface area contributed by atoms with Crippen molar-refractivity contribution >= 4 is 40.6 Å². The van der Waals surface area contributed by atoms with Crippen LogP contribution < -0.4 is 14.8 Å². The summed E-state index contributed by atoms with van der Waals surface area (Å²) in [6, 6.07) is 16.4. The largest absolute Gasteiger partial charge is 0.497 e. The predicted octanol–water partition coefficient (Wildman–Crippen LogP) is 4.87. The third-order valence-corrected chi connectivity index (χ3v) is 6.21. The van der Waals surface area contributed by atoms with Gasteiger partial charge >= 0.3 is 0 Å². The van der Waals surface area contributed by atoms with Crippen molar-refractivity contribution < 1.29 is 23.9 Å². The molecular formula is C26H25N3O5S. The number of aromatic nitrogens is 1. The summed E-state index contributed by atoms with van der Waals surface area (Å²) in [6.07, 6.45) is 3.56. The van der Waals surface area contributed by atoms with Crippen LogP contribution in [0.4, 0.5) is 10.5 Å². The molecule has 180 valence electrons. The molecule has 0 bridgehead atoms. The predicted molar refractivity (Wildman–Crippen MR) is 136 cm³/mol. The minimum Gasteiger partial charge on any atom is -0.497 e. The molecule has 0 atom stereocenters. The first-order chi connectivity index (χ1) is 16.9. The van der Waals surface area contributed by atoms with Crippen molar-refractivity contribution in [3.8, 4) is 17.2 Å². The Bertz CT molecular complexity index is 1280. The lowest BCUT2D eigenvalue weighted by molar-refractivity contribution is -0.127. The van der Waals surface area contributed by atoms with Crippen molar-refractivity contribution in [1.29, 1.82) is 0 Å². The van der Waals surface area contributed by atoms with Crippen molar-refractivity contribution in [2.75, 3.05) is 25.6 Å². The van der Waals surface area contributed by atoms with Crippen LogP contribution in [0.1, 0.15) is 18.2 Å². The number of nitrogens with one attached hydrogen (secondary N) is 1. The molecule has 2 aromatic carbocycles. The van der Waals surface area contributed by atoms with Crippen molar-refractivity contribution in [2.45, 2.75) is 13.8 Å². The van der Waals surface area contributed by atoms with E-state index in [1.165, 1.54) is 0 Å². The average Bonchev–Trinajstić information content (AvgIpc) is 3.34. The maximum absolute atomic E-state index is 12.9. The molecule has 1 saturated heterocycles. The van der Waals surface area contributed by atoms with Gasteiger partial charge in [-0.25, -0.2) is 0 Å². The van der Waals surface area contributed by atoms with E-state index in [0.717, 1.165) is 39.4 Å². The summed E-state index contributed by atoms with van der Waals surface area (Å²) < 4.78 is 12.6. The second-order valence-electron chi connectivity index (χ2n) is 7.76. The first-order valence-electron chi connectivity index (χ1n) is 11.0. The van der Waals surface area contributed by atoms with Gasteiger partial charge in [0.25, 0.3) is 11.1 Å². The smallest absolute Gasteiger partial charge is 0.294 e. The Morgan fingerprint density at radius 2 is 1.74 bits per heavy atom. The number of imide groups is 1. The summed E-state index contributed by atoms with van der Waals surface area (Å²) in [6.45, 7) is 4.03. The van der Waals surface area contributed by atoms with E-state index in [-0.39, 0.29) is 11.4 Å². The highest BCUT2D eigenvalue weighted by atomic mass is 32.2. The number of ether oxygens (including phenoxy) is 2. The van der Waals surface area contributed by atoms with E-state index in [1.807, 2.05) is 54.9 Å². The van der Waals surface area contributed by atoms with Gasteiger partial charge in [0.1, 0.15) is 18.0 Å². The van der Waals surface area contributed by atoms with Gasteiger partial charge in [-0.2, -0.15) is 0 Å². The van der Waals surface area contributed by atoms with Gasteiger partial charge in [0.2, 0.25) is 5.91 Å². The molecular weight excluding hydrogens is 466 g/mol. The van der Waals surface area contributed by atoms with Crippen LogP contribution in [0, 0.1) is 6.92 Å². The van der Waals surface area contributed by atoms with Crippen LogP contribution >= 0.6 is 11.8 Å². The number of nitrogens with zero attached hydrogens (tertiary/aromatic N) is 2. The zero-order valence-electron chi connectivity index (χ0n) is 19.6. The number of anilines is 1. The summed E-state index contributed by atoms with van der Waals surface area (Å²) in [5, 5.41) is 2.22. The number of hydrogen-bond donors (Lipinski definition) is 1. The van der Waals surface area contributed by atoms with E-state index in [1.54, 1.807) is 37.5 Å². The molecule has 35 heavy (non-hydrogen) atoms. The van der Waals surface area contributed by atoms with E-state index < -0.39 is 17.1 Å². The van der Waals surface area contributed by atoms with Crippen molar-refractivity contribution in [2.24, 2.45) is 0 Å². The molecule has 1 fully saturated rings. The van der Waals surface area contributed by atoms with Gasteiger partial charge < -0.3 is 19.4 Å². The standard InChI is InChI=1S/C26H25N3O5S/c1-4-34-22-9-5-19(6-10-22)27-24(30)16-29-25(31)23(35-26(29)32)14-18-13-17(2)28(15-18)20-7-11-21(33-3)12-8-20/h5-15H,4,16H2,1-3H3,(H,27,30)/b23-14+. The third-order valence-electron chi connectivity index (χ3n) is 5.31. The number of carbonyl (C=O) groups is 3. The number of hydrogen-bond acceptors (Lipinski definition) is 6. The van der Waals surface area contributed by atoms with Crippen LogP contribution in [-0.4, -0.2) is 46.8 Å². The van der Waals surface area contributed by atoms with Gasteiger partial charge in [-0.3, -0.25) is 19.3 Å². The van der Waals surface area contributed by atoms with E-state index in [2.05, 4.69) is 5.32 Å². The zero-order chi connectivity index (χ0) is 24.9. The number of methoxy groups -OCH3 is 1. The molecule has 8 nitrogen and oxygen atoms in total. The van der Waals surface area contributed by atoms with Gasteiger partial charge in [0.05, 0.1) is 18.6 Å². The lowest BCUT2D eigenvalue weighted by Crippen LogP contribution is -2.36. The molecule has 0 spiro atoms. The number of rotatable bonds is 8. The van der Waals surface area contributed by atoms with Crippen LogP contribution in [0.15, 0.2) is 65.7 Å². The molecule has 9 heteroatoms. The molecule has 0 unspecified atom stereocenters. The minimum absolute atomic E-state index is 0.274. The Morgan fingerprint density at radius 3 is 2.40 bits per heavy atom. The minimum atomic E-state index is -0.489. The maximum Gasteiger partial charge on any atom is 0.294 e. The highest BCUT2D eigenvalue weighted by molar-refractivity contribution is 8.18. The number of amides is 3. The third kappa shape index (κ3) is 5.58. The fraction of sp³-hybridized carbons (Fsp3) is 0.192. The summed E-state index contributed by atoms with van der Waals surface area (Å²) in [5.41, 5.74) is 3.25. The number of carbonyl (C=O) groups excluding carboxylic acids is 3. The topological polar surface area (TPSA) is 89.9 Å². The van der Waals surface area contributed by atoms with E-state index in [9.17, 15) is 14.4 Å². The van der Waals surface area contributed by atoms with Crippen LogP contribution in [0.2, 0.25) is 0 Å². The normalized spacial score (nSPS) is 14.5. The van der Waals surface area contributed by atoms with Crippen molar-refractivity contribution in [3.05, 3.63) is 77.0 Å². The quantitative estimate of drug-likeness (QED) is 0.452. The Kier molecular flexibility index (Phi) is 7.26. The molecule has 1 aromatic heterocycles. The lowest BCUT2D eigenvalue weighted by Gasteiger charge is -2.12. The van der Waals surface area contributed by atoms with Gasteiger partial charge in [-0.05, 0) is 91.8 Å². The van der Waals surface area contributed by atoms with Crippen LogP contribution in [0.5, 0.6) is 11.5 Å². The Morgan fingerprint density at radius 1 is 1.06 bits per heavy atom. The Hall–Kier alpha value is -3.98. The van der Waals surface area contributed by atoms with Crippen LogP contribution in [0.3, 0.4) is 0 Å². The first-order valence-corrected chi connectivity index (χ1v) is 11.8. The van der Waals surface area contributed by atoms with Gasteiger partial charge in [-0.1, -0.05) is 0 Å². The first kappa shape index (κ1) is 24.2. The Balaban J connectivity index is 1.43. The van der Waals surface area contributed by atoms with Crippen molar-refractivity contribution in [3.63, 3.8) is 0 Å². The second kappa shape index (κ2) is 10.5. The number of benzene rings is 2. The fourth-order valence-corrected chi connectivity index (χ4v) is 4.47. The number of aryl methyl sites for hydroxylation is 1. The summed E-state index contributed by atoms with van der Waals surface area (Å²) in [7, 11) is 1.62. The SMILES string of the molecule is CCOc1ccc(NC(=O)CN2C(=O)S/C(=C/c3cc(C)n(-c4ccc(OC)cc4)c3)C2=O)cc1. The molecule has 3 amide bonds. The van der Waals surface area contributed by atoms with Crippen molar-refractivity contribution in [1.82, 2.24) is 9.47 Å². The van der Waals surface area contributed by atoms with Gasteiger partial charge in [0.15, 0.2) is 0 Å². The molecule has 0 aliphatic carbocycles. The van der Waals surface area contributed by atoms with Crippen LogP contribution in [-0.2, 0) is 9.59 Å².